The van der Waals surface area contributed by atoms with Crippen LogP contribution < -0.4 is 4.90 Å². The van der Waals surface area contributed by atoms with Crippen molar-refractivity contribution in [3.8, 4) is 0 Å². The van der Waals surface area contributed by atoms with Crippen LogP contribution in [-0.2, 0) is 0 Å². The van der Waals surface area contributed by atoms with E-state index in [1.807, 2.05) is 18.6 Å². The van der Waals surface area contributed by atoms with E-state index < -0.39 is 0 Å². The van der Waals surface area contributed by atoms with E-state index in [0.29, 0.717) is 5.92 Å². The first-order valence-electron chi connectivity index (χ1n) is 5.78. The molecule has 82 valence electrons. The SMILES string of the molecule is C1=CC2C(=CC=N1)N1CC=Nc3cccc2c31. The van der Waals surface area contributed by atoms with Gasteiger partial charge in [0.2, 0.25) is 0 Å². The molecular weight excluding hydrogens is 210 g/mol. The third-order valence-corrected chi connectivity index (χ3v) is 3.47. The lowest BCUT2D eigenvalue weighted by molar-refractivity contribution is 0.974. The van der Waals surface area contributed by atoms with Gasteiger partial charge in [0.05, 0.1) is 17.9 Å². The molecule has 3 aliphatic heterocycles. The zero-order chi connectivity index (χ0) is 11.2. The van der Waals surface area contributed by atoms with Crippen molar-refractivity contribution in [1.82, 2.24) is 0 Å². The van der Waals surface area contributed by atoms with Gasteiger partial charge in [-0.25, -0.2) is 0 Å². The molecule has 0 amide bonds. The summed E-state index contributed by atoms with van der Waals surface area (Å²) >= 11 is 0. The van der Waals surface area contributed by atoms with E-state index in [9.17, 15) is 0 Å². The Morgan fingerprint density at radius 1 is 1.29 bits per heavy atom. The van der Waals surface area contributed by atoms with Crippen LogP contribution in [-0.4, -0.2) is 19.0 Å². The van der Waals surface area contributed by atoms with Crippen molar-refractivity contribution in [2.45, 2.75) is 5.92 Å². The summed E-state index contributed by atoms with van der Waals surface area (Å²) in [6, 6.07) is 6.34. The molecule has 0 bridgehead atoms. The number of allylic oxidation sites excluding steroid dienone is 2. The lowest BCUT2D eigenvalue weighted by atomic mass is 9.98. The van der Waals surface area contributed by atoms with Gasteiger partial charge in [0, 0.05) is 30.2 Å². The van der Waals surface area contributed by atoms with Gasteiger partial charge in [-0.3, -0.25) is 9.98 Å². The van der Waals surface area contributed by atoms with Gasteiger partial charge in [0.15, 0.2) is 0 Å². The largest absolute Gasteiger partial charge is 0.337 e. The second-order valence-corrected chi connectivity index (χ2v) is 4.35. The Labute approximate surface area is 99.5 Å². The van der Waals surface area contributed by atoms with E-state index in [-0.39, 0.29) is 0 Å². The van der Waals surface area contributed by atoms with Crippen molar-refractivity contribution in [2.75, 3.05) is 11.4 Å². The van der Waals surface area contributed by atoms with E-state index in [1.54, 1.807) is 0 Å². The van der Waals surface area contributed by atoms with E-state index in [1.165, 1.54) is 16.9 Å². The van der Waals surface area contributed by atoms with Crippen LogP contribution in [0.5, 0.6) is 0 Å². The van der Waals surface area contributed by atoms with Gasteiger partial charge in [-0.1, -0.05) is 18.2 Å². The molecule has 0 radical (unpaired) electrons. The number of fused-ring (bicyclic) bond motifs is 3. The highest BCUT2D eigenvalue weighted by molar-refractivity contribution is 5.91. The minimum atomic E-state index is 0.328. The zero-order valence-corrected chi connectivity index (χ0v) is 9.24. The van der Waals surface area contributed by atoms with Gasteiger partial charge in [-0.15, -0.1) is 0 Å². The highest BCUT2D eigenvalue weighted by Gasteiger charge is 2.34. The zero-order valence-electron chi connectivity index (χ0n) is 9.24. The Morgan fingerprint density at radius 2 is 2.29 bits per heavy atom. The Morgan fingerprint density at radius 3 is 3.29 bits per heavy atom. The molecule has 1 atom stereocenters. The maximum atomic E-state index is 4.47. The predicted molar refractivity (Wildman–Crippen MR) is 70.4 cm³/mol. The lowest BCUT2D eigenvalue weighted by Gasteiger charge is -2.23. The van der Waals surface area contributed by atoms with Crippen LogP contribution in [0.4, 0.5) is 11.4 Å². The summed E-state index contributed by atoms with van der Waals surface area (Å²) in [7, 11) is 0. The van der Waals surface area contributed by atoms with Crippen molar-refractivity contribution in [3.63, 3.8) is 0 Å². The molecule has 1 aromatic rings. The summed E-state index contributed by atoms with van der Waals surface area (Å²) in [4.78, 5) is 11.0. The fourth-order valence-electron chi connectivity index (χ4n) is 2.77. The summed E-state index contributed by atoms with van der Waals surface area (Å²) in [5.41, 5.74) is 4.99. The molecule has 0 spiro atoms. The number of anilines is 1. The average molecular weight is 221 g/mol. The van der Waals surface area contributed by atoms with Crippen LogP contribution in [0.25, 0.3) is 0 Å². The molecule has 4 rings (SSSR count). The maximum absolute atomic E-state index is 4.47. The van der Waals surface area contributed by atoms with Crippen LogP contribution in [0.15, 0.2) is 52.2 Å². The molecule has 0 aromatic heterocycles. The van der Waals surface area contributed by atoms with Crippen molar-refractivity contribution in [3.05, 3.63) is 47.8 Å². The molecule has 17 heavy (non-hydrogen) atoms. The Kier molecular flexibility index (Phi) is 1.66. The first-order chi connectivity index (χ1) is 8.45. The van der Waals surface area contributed by atoms with Crippen LogP contribution in [0.3, 0.4) is 0 Å². The standard InChI is InChI=1S/C14H11N3/c1-2-11-10-4-6-15-7-5-13(10)17-9-8-16-12(3-1)14(11)17/h1-8,10H,9H2. The Bertz CT molecular complexity index is 608. The van der Waals surface area contributed by atoms with Crippen LogP contribution >= 0.6 is 0 Å². The number of nitrogens with zero attached hydrogens (tertiary/aromatic N) is 3. The van der Waals surface area contributed by atoms with E-state index in [0.717, 1.165) is 12.2 Å². The Hall–Kier alpha value is -2.16. The third-order valence-electron chi connectivity index (χ3n) is 3.47. The molecule has 0 aliphatic carbocycles. The topological polar surface area (TPSA) is 28.0 Å². The fraction of sp³-hybridized carbons (Fsp3) is 0.143. The van der Waals surface area contributed by atoms with Gasteiger partial charge in [-0.05, 0) is 17.7 Å². The quantitative estimate of drug-likeness (QED) is 0.662. The van der Waals surface area contributed by atoms with Crippen molar-refractivity contribution < 1.29 is 0 Å². The van der Waals surface area contributed by atoms with Crippen molar-refractivity contribution in [2.24, 2.45) is 9.98 Å². The third kappa shape index (κ3) is 1.11. The van der Waals surface area contributed by atoms with Gasteiger partial charge < -0.3 is 4.90 Å². The summed E-state index contributed by atoms with van der Waals surface area (Å²) in [6.07, 6.45) is 9.98. The molecule has 0 N–H and O–H groups in total. The minimum Gasteiger partial charge on any atom is -0.337 e. The van der Waals surface area contributed by atoms with Gasteiger partial charge >= 0.3 is 0 Å². The first-order valence-corrected chi connectivity index (χ1v) is 5.78. The molecule has 0 saturated carbocycles. The fourth-order valence-corrected chi connectivity index (χ4v) is 2.77. The molecule has 3 heteroatoms. The molecule has 0 saturated heterocycles. The van der Waals surface area contributed by atoms with Crippen LogP contribution in [0.2, 0.25) is 0 Å². The molecule has 1 unspecified atom stereocenters. The summed E-state index contributed by atoms with van der Waals surface area (Å²) in [5.74, 6) is 0.328. The molecule has 3 aliphatic rings. The molecule has 3 heterocycles. The minimum absolute atomic E-state index is 0.328. The van der Waals surface area contributed by atoms with Gasteiger partial charge in [0.1, 0.15) is 0 Å². The summed E-state index contributed by atoms with van der Waals surface area (Å²) in [6.45, 7) is 0.855. The number of para-hydroxylation sites is 1. The number of hydrogen-bond acceptors (Lipinski definition) is 3. The number of rotatable bonds is 0. The predicted octanol–water partition coefficient (Wildman–Crippen LogP) is 2.79. The molecule has 1 aromatic carbocycles. The molecule has 3 nitrogen and oxygen atoms in total. The number of aliphatic imine (C=N–C) groups is 2. The van der Waals surface area contributed by atoms with E-state index in [4.69, 9.17) is 0 Å². The summed E-state index contributed by atoms with van der Waals surface area (Å²) < 4.78 is 0. The second-order valence-electron chi connectivity index (χ2n) is 4.35. The van der Waals surface area contributed by atoms with Crippen LogP contribution in [0.1, 0.15) is 11.5 Å². The highest BCUT2D eigenvalue weighted by atomic mass is 15.2. The van der Waals surface area contributed by atoms with Crippen molar-refractivity contribution >= 4 is 23.8 Å². The summed E-state index contributed by atoms with van der Waals surface area (Å²) in [5, 5.41) is 0. The normalized spacial score (nSPS) is 23.2. The monoisotopic (exact) mass is 221 g/mol. The average Bonchev–Trinajstić information content (AvgIpc) is 2.55. The van der Waals surface area contributed by atoms with Crippen molar-refractivity contribution in [1.29, 1.82) is 0 Å². The second kappa shape index (κ2) is 3.17. The number of hydrogen-bond donors (Lipinski definition) is 0. The van der Waals surface area contributed by atoms with Gasteiger partial charge in [0.25, 0.3) is 0 Å². The van der Waals surface area contributed by atoms with Gasteiger partial charge in [-0.2, -0.15) is 0 Å². The molecular formula is C14H11N3. The highest BCUT2D eigenvalue weighted by Crippen LogP contribution is 2.49. The lowest BCUT2D eigenvalue weighted by Crippen LogP contribution is -2.23. The van der Waals surface area contributed by atoms with E-state index >= 15 is 0 Å². The Balaban J connectivity index is 2.02. The molecule has 0 fully saturated rings. The first kappa shape index (κ1) is 8.93. The van der Waals surface area contributed by atoms with E-state index in [2.05, 4.69) is 45.2 Å². The number of benzene rings is 1. The maximum Gasteiger partial charge on any atom is 0.0866 e. The van der Waals surface area contributed by atoms with Crippen LogP contribution in [0, 0.1) is 0 Å². The smallest absolute Gasteiger partial charge is 0.0866 e.